The number of nitrogens with one attached hydrogen (secondary N) is 3. The van der Waals surface area contributed by atoms with E-state index < -0.39 is 235 Å². The van der Waals surface area contributed by atoms with E-state index in [0.717, 1.165) is 43.8 Å². The van der Waals surface area contributed by atoms with Crippen molar-refractivity contribution in [2.45, 2.75) is 274 Å². The number of amides is 12. The first kappa shape index (κ1) is 91.0. The molecule has 2 saturated heterocycles. The van der Waals surface area contributed by atoms with E-state index in [0.29, 0.717) is 19.3 Å². The van der Waals surface area contributed by atoms with Crippen molar-refractivity contribution in [1.82, 2.24) is 60.0 Å². The molecule has 6 fully saturated rings. The van der Waals surface area contributed by atoms with Crippen LogP contribution in [-0.2, 0) is 62.3 Å². The average molecular weight is 1590 g/mol. The zero-order valence-electron chi connectivity index (χ0n) is 67.5. The highest BCUT2D eigenvalue weighted by Gasteiger charge is 2.60. The molecule has 2 bridgehead atoms. The topological polar surface area (TPSA) is 279 Å². The second-order valence-electron chi connectivity index (χ2n) is 33.8. The summed E-state index contributed by atoms with van der Waals surface area (Å²) in [6.45, 7) is 10.6. The zero-order chi connectivity index (χ0) is 82.9. The molecule has 628 valence electrons. The lowest BCUT2D eigenvalue weighted by Gasteiger charge is -2.54. The van der Waals surface area contributed by atoms with Gasteiger partial charge in [0.1, 0.15) is 72.1 Å². The summed E-state index contributed by atoms with van der Waals surface area (Å²) in [5, 5.41) is 8.51. The van der Waals surface area contributed by atoms with Crippen molar-refractivity contribution in [2.24, 2.45) is 46.8 Å². The molecule has 4 aliphatic carbocycles. The molecule has 0 aromatic carbocycles. The highest BCUT2D eigenvalue weighted by atomic mass is 19.4. The summed E-state index contributed by atoms with van der Waals surface area (Å²) in [6.07, 6.45) is -13.1. The van der Waals surface area contributed by atoms with E-state index in [2.05, 4.69) is 16.0 Å². The van der Waals surface area contributed by atoms with Crippen molar-refractivity contribution in [3.8, 4) is 0 Å². The maximum absolute atomic E-state index is 15.8. The maximum Gasteiger partial charge on any atom is 0.397 e. The molecule has 12 amide bonds. The lowest BCUT2D eigenvalue weighted by molar-refractivity contribution is -0.219. The molecule has 7 aliphatic rings. The first-order chi connectivity index (χ1) is 51.8. The summed E-state index contributed by atoms with van der Waals surface area (Å²) >= 11 is 0. The van der Waals surface area contributed by atoms with Crippen LogP contribution in [0.2, 0.25) is 0 Å². The van der Waals surface area contributed by atoms with Gasteiger partial charge in [-0.15, -0.1) is 0 Å². The van der Waals surface area contributed by atoms with E-state index in [1.807, 2.05) is 27.7 Å². The molecule has 3 N–H and O–H groups in total. The largest absolute Gasteiger partial charge is 0.397 e. The van der Waals surface area contributed by atoms with E-state index in [1.54, 1.807) is 32.9 Å². The van der Waals surface area contributed by atoms with Crippen molar-refractivity contribution < 1.29 is 97.4 Å². The zero-order valence-corrected chi connectivity index (χ0v) is 67.5. The summed E-state index contributed by atoms with van der Waals surface area (Å²) in [6, 6.07) is -11.5. The lowest BCUT2D eigenvalue weighted by Crippen LogP contribution is -2.71. The molecule has 2 unspecified atom stereocenters. The summed E-state index contributed by atoms with van der Waals surface area (Å²) in [7, 11) is 10.9. The normalized spacial score (nSPS) is 31.8. The minimum absolute atomic E-state index is 0.00176. The monoisotopic (exact) mass is 1590 g/mol. The molecule has 1 spiro atoms. The van der Waals surface area contributed by atoms with Gasteiger partial charge in [0, 0.05) is 82.5 Å². The predicted molar refractivity (Wildman–Crippen MR) is 395 cm³/mol. The molecular formula is C78H122F8N12O13. The SMILES string of the molecule is CCO[C@@H]1C[C@H]2C(=O)NC3(CC(C)(C)C3)C(=O)N(C)[C@@H](C(CC)CC)C(=O)N(C)[C@H](C(=O)N(C)C)CC(=O)N(C)[C@@H](CC3CCC3)C(=O)N[C@@H]([C@@H](C)CC)C(=O)N(C)CC(=O)N(C)[C@H]3C/C=C\CCN(C3=O)[C@@H](CC3CCC(C(F)(F)F)CC3)C(=O)N(C)CC(=O)N[C@@H](CCC3CC(F)C(C(F)(F)F)C(F)C3)C(=O)N2C1. The Balaban J connectivity index is 1.35. The summed E-state index contributed by atoms with van der Waals surface area (Å²) in [5.41, 5.74) is -2.40. The number of likely N-dealkylation sites (N-methyl/N-ethyl adjacent to an activating group) is 7. The standard InChI is InChI=1S/C78H122F8N12O13/c1-16-45(5)64-72(108)92(11)42-62(101)93(12)55-26-21-20-22-33-97(71(55)107)59(37-47-27-30-50(31-28-47)77(81,82)83)70(106)91(10)41-60(99)87-54(32-29-48-34-52(79)63(53(80)35-48)78(84,85)86)68(104)98-40-51(111-19-4)38-57(98)67(103)89-76(43-75(6,7)44-76)74(110)96(15)65(49(17-2)18-3)73(109)95(14)58(69(105)90(8)9)39-61(100)94(13)56(66(102)88-64)36-46-24-23-25-46/h20-21,45-59,63-65H,16-19,22-44H2,1-15H3,(H,87,99)(H,88,102)(H,89,103)/b21-20-/t45-,47?,48?,50?,51+,52?,53?,54-,55-,56-,57-,58-,59-,63?,64-,65-/m0/s1. The molecular weight excluding hydrogens is 1460 g/mol. The van der Waals surface area contributed by atoms with Crippen LogP contribution in [0.15, 0.2) is 12.2 Å². The van der Waals surface area contributed by atoms with E-state index >= 15 is 47.1 Å². The average Bonchev–Trinajstić information content (AvgIpc) is 1.40. The molecule has 3 heterocycles. The lowest BCUT2D eigenvalue weighted by atomic mass is 9.58. The van der Waals surface area contributed by atoms with Crippen molar-refractivity contribution in [1.29, 1.82) is 0 Å². The first-order valence-corrected chi connectivity index (χ1v) is 39.8. The van der Waals surface area contributed by atoms with Crippen LogP contribution in [0.4, 0.5) is 35.1 Å². The van der Waals surface area contributed by atoms with Crippen LogP contribution >= 0.6 is 0 Å². The van der Waals surface area contributed by atoms with Gasteiger partial charge in [-0.1, -0.05) is 92.2 Å². The Morgan fingerprint density at radius 2 is 1.22 bits per heavy atom. The van der Waals surface area contributed by atoms with E-state index in [9.17, 15) is 45.5 Å². The number of nitrogens with zero attached hydrogens (tertiary/aromatic N) is 9. The van der Waals surface area contributed by atoms with Crippen molar-refractivity contribution in [3.63, 3.8) is 0 Å². The van der Waals surface area contributed by atoms with Gasteiger partial charge in [-0.2, -0.15) is 26.3 Å². The number of hydrogen-bond acceptors (Lipinski definition) is 13. The number of hydrogen-bond donors (Lipinski definition) is 3. The maximum atomic E-state index is 15.8. The van der Waals surface area contributed by atoms with E-state index in [4.69, 9.17) is 4.74 Å². The molecule has 111 heavy (non-hydrogen) atoms. The van der Waals surface area contributed by atoms with Gasteiger partial charge in [0.15, 0.2) is 0 Å². The molecule has 7 rings (SSSR count). The molecule has 0 aromatic heterocycles. The number of alkyl halides is 8. The van der Waals surface area contributed by atoms with Crippen LogP contribution in [0, 0.1) is 46.8 Å². The Bertz CT molecular complexity index is 3330. The molecule has 12 atom stereocenters. The molecule has 25 nitrogen and oxygen atoms in total. The van der Waals surface area contributed by atoms with Crippen LogP contribution < -0.4 is 16.0 Å². The van der Waals surface area contributed by atoms with Crippen LogP contribution in [0.5, 0.6) is 0 Å². The number of halogens is 8. The third-order valence-electron chi connectivity index (χ3n) is 25.0. The third-order valence-corrected chi connectivity index (χ3v) is 25.0. The van der Waals surface area contributed by atoms with Crippen LogP contribution in [0.3, 0.4) is 0 Å². The number of carbonyl (C=O) groups excluding carboxylic acids is 12. The Morgan fingerprint density at radius 1 is 0.622 bits per heavy atom. The van der Waals surface area contributed by atoms with Crippen LogP contribution in [0.25, 0.3) is 0 Å². The minimum atomic E-state index is -5.22. The molecule has 33 heteroatoms. The van der Waals surface area contributed by atoms with E-state index in [1.165, 1.54) is 76.0 Å². The van der Waals surface area contributed by atoms with Gasteiger partial charge in [-0.3, -0.25) is 57.5 Å². The third kappa shape index (κ3) is 22.0. The molecule has 4 saturated carbocycles. The predicted octanol–water partition coefficient (Wildman–Crippen LogP) is 7.38. The van der Waals surface area contributed by atoms with Crippen molar-refractivity contribution in [3.05, 3.63) is 12.2 Å². The van der Waals surface area contributed by atoms with Crippen LogP contribution in [0.1, 0.15) is 190 Å². The van der Waals surface area contributed by atoms with Crippen LogP contribution in [-0.4, -0.2) is 289 Å². The van der Waals surface area contributed by atoms with Crippen molar-refractivity contribution in [2.75, 3.05) is 89.2 Å². The minimum Gasteiger partial charge on any atom is -0.377 e. The van der Waals surface area contributed by atoms with Gasteiger partial charge in [-0.05, 0) is 132 Å². The highest BCUT2D eigenvalue weighted by Crippen LogP contribution is 2.50. The van der Waals surface area contributed by atoms with Crippen molar-refractivity contribution >= 4 is 70.9 Å². The fourth-order valence-corrected chi connectivity index (χ4v) is 18.0. The summed E-state index contributed by atoms with van der Waals surface area (Å²) in [5.74, 6) is -17.0. The number of fused-ring (bicyclic) bond motifs is 3. The second kappa shape index (κ2) is 38.3. The Morgan fingerprint density at radius 3 is 1.76 bits per heavy atom. The van der Waals surface area contributed by atoms with E-state index in [-0.39, 0.29) is 103 Å². The van der Waals surface area contributed by atoms with Gasteiger partial charge in [0.2, 0.25) is 70.9 Å². The van der Waals surface area contributed by atoms with Gasteiger partial charge in [-0.25, -0.2) is 8.78 Å². The molecule has 3 aliphatic heterocycles. The number of carbonyl (C=O) groups is 12. The Kier molecular flexibility index (Phi) is 31.4. The number of rotatable bonds is 15. The summed E-state index contributed by atoms with van der Waals surface area (Å²) in [4.78, 5) is 193. The van der Waals surface area contributed by atoms with Gasteiger partial charge in [0.25, 0.3) is 0 Å². The first-order valence-electron chi connectivity index (χ1n) is 39.8. The fourth-order valence-electron chi connectivity index (χ4n) is 18.0. The second-order valence-corrected chi connectivity index (χ2v) is 33.8. The van der Waals surface area contributed by atoms with Gasteiger partial charge in [0.05, 0.1) is 31.5 Å². The van der Waals surface area contributed by atoms with Gasteiger partial charge >= 0.3 is 12.4 Å². The smallest absolute Gasteiger partial charge is 0.377 e. The quantitative estimate of drug-likeness (QED) is 0.107. The summed E-state index contributed by atoms with van der Waals surface area (Å²) < 4.78 is 122. The Hall–Kier alpha value is -7.22. The number of ether oxygens (including phenoxy) is 1. The fraction of sp³-hybridized carbons (Fsp3) is 0.821. The highest BCUT2D eigenvalue weighted by molar-refractivity contribution is 6.01. The Labute approximate surface area is 648 Å². The molecule has 0 aromatic rings. The van der Waals surface area contributed by atoms with Gasteiger partial charge < -0.3 is 64.8 Å². The molecule has 0 radical (unpaired) electrons.